The highest BCUT2D eigenvalue weighted by atomic mass is 32.2. The van der Waals surface area contributed by atoms with Crippen LogP contribution in [0, 0.1) is 19.8 Å². The summed E-state index contributed by atoms with van der Waals surface area (Å²) in [5, 5.41) is 0. The van der Waals surface area contributed by atoms with Crippen LogP contribution >= 0.6 is 0 Å². The lowest BCUT2D eigenvalue weighted by Gasteiger charge is -2.23. The molecule has 2 fully saturated rings. The maximum Gasteiger partial charge on any atom is 0.243 e. The topological polar surface area (TPSA) is 70.6 Å². The number of carbonyl (C=O) groups excluding carboxylic acids is 1. The monoisotopic (exact) mass is 413 g/mol. The van der Waals surface area contributed by atoms with E-state index in [1.54, 1.807) is 18.5 Å². The third-order valence-corrected chi connectivity index (χ3v) is 8.07. The summed E-state index contributed by atoms with van der Waals surface area (Å²) in [5.74, 6) is -0.496. The fourth-order valence-corrected chi connectivity index (χ4v) is 6.25. The predicted octanol–water partition coefficient (Wildman–Crippen LogP) is 2.73. The molecule has 2 aliphatic rings. The minimum Gasteiger partial charge on any atom is -0.342 e. The second-order valence-electron chi connectivity index (χ2n) is 8.12. The van der Waals surface area contributed by atoms with Crippen molar-refractivity contribution in [3.8, 4) is 0 Å². The molecule has 29 heavy (non-hydrogen) atoms. The standard InChI is InChI=1S/C22H27N3O3S/c1-16-7-8-17(2)21(12-16)29(27,28)25-14-19(18-6-5-9-23-13-18)20(15-25)22(26)24-10-3-4-11-24/h5-9,12-13,19-20H,3-4,10-11,14-15H2,1-2H3/t19-,20+/m0/s1. The zero-order valence-electron chi connectivity index (χ0n) is 16.9. The van der Waals surface area contributed by atoms with Gasteiger partial charge in [0, 0.05) is 44.5 Å². The van der Waals surface area contributed by atoms with Gasteiger partial charge in [-0.3, -0.25) is 9.78 Å². The van der Waals surface area contributed by atoms with Crippen LogP contribution in [0.3, 0.4) is 0 Å². The molecule has 6 nitrogen and oxygen atoms in total. The summed E-state index contributed by atoms with van der Waals surface area (Å²) in [4.78, 5) is 19.7. The van der Waals surface area contributed by atoms with Gasteiger partial charge in [0.1, 0.15) is 0 Å². The molecule has 1 amide bonds. The lowest BCUT2D eigenvalue weighted by Crippen LogP contribution is -2.37. The number of rotatable bonds is 4. The number of aryl methyl sites for hydroxylation is 2. The van der Waals surface area contributed by atoms with Crippen molar-refractivity contribution in [2.75, 3.05) is 26.2 Å². The average molecular weight is 414 g/mol. The van der Waals surface area contributed by atoms with E-state index in [4.69, 9.17) is 0 Å². The van der Waals surface area contributed by atoms with Gasteiger partial charge in [0.15, 0.2) is 0 Å². The Morgan fingerprint density at radius 1 is 1.10 bits per heavy atom. The Morgan fingerprint density at radius 3 is 2.55 bits per heavy atom. The van der Waals surface area contributed by atoms with Gasteiger partial charge in [0.2, 0.25) is 15.9 Å². The highest BCUT2D eigenvalue weighted by molar-refractivity contribution is 7.89. The van der Waals surface area contributed by atoms with Crippen molar-refractivity contribution in [1.82, 2.24) is 14.2 Å². The number of hydrogen-bond acceptors (Lipinski definition) is 4. The fraction of sp³-hybridized carbons (Fsp3) is 0.455. The number of aromatic nitrogens is 1. The number of benzene rings is 1. The average Bonchev–Trinajstić information content (AvgIpc) is 3.40. The number of amides is 1. The van der Waals surface area contributed by atoms with Gasteiger partial charge in [-0.15, -0.1) is 0 Å². The Hall–Kier alpha value is -2.25. The van der Waals surface area contributed by atoms with E-state index in [9.17, 15) is 13.2 Å². The second-order valence-corrected chi connectivity index (χ2v) is 10.0. The van der Waals surface area contributed by atoms with E-state index in [-0.39, 0.29) is 24.3 Å². The maximum absolute atomic E-state index is 13.5. The van der Waals surface area contributed by atoms with Gasteiger partial charge in [-0.2, -0.15) is 4.31 Å². The largest absolute Gasteiger partial charge is 0.342 e. The van der Waals surface area contributed by atoms with Gasteiger partial charge in [-0.25, -0.2) is 8.42 Å². The van der Waals surface area contributed by atoms with E-state index >= 15 is 0 Å². The third kappa shape index (κ3) is 3.81. The number of nitrogens with zero attached hydrogens (tertiary/aromatic N) is 3. The van der Waals surface area contributed by atoms with E-state index in [2.05, 4.69) is 4.98 Å². The SMILES string of the molecule is Cc1ccc(C)c(S(=O)(=O)N2C[C@@H](C(=O)N3CCCC3)[C@H](c3cccnc3)C2)c1. The minimum atomic E-state index is -3.68. The lowest BCUT2D eigenvalue weighted by atomic mass is 9.89. The molecule has 0 aliphatic carbocycles. The number of carbonyl (C=O) groups is 1. The first kappa shape index (κ1) is 20.0. The van der Waals surface area contributed by atoms with E-state index in [1.165, 1.54) is 4.31 Å². The summed E-state index contributed by atoms with van der Waals surface area (Å²) in [6.07, 6.45) is 5.48. The van der Waals surface area contributed by atoms with Gasteiger partial charge in [0.05, 0.1) is 10.8 Å². The molecule has 3 heterocycles. The van der Waals surface area contributed by atoms with E-state index in [0.29, 0.717) is 11.4 Å². The summed E-state index contributed by atoms with van der Waals surface area (Å²) in [7, 11) is -3.68. The van der Waals surface area contributed by atoms with E-state index in [0.717, 1.165) is 42.6 Å². The van der Waals surface area contributed by atoms with Crippen LogP contribution < -0.4 is 0 Å². The molecule has 2 aliphatic heterocycles. The molecule has 0 radical (unpaired) electrons. The molecule has 0 bridgehead atoms. The van der Waals surface area contributed by atoms with Gasteiger partial charge in [-0.05, 0) is 55.5 Å². The van der Waals surface area contributed by atoms with Crippen LogP contribution in [-0.4, -0.2) is 54.7 Å². The van der Waals surface area contributed by atoms with E-state index < -0.39 is 10.0 Å². The zero-order chi connectivity index (χ0) is 20.6. The van der Waals surface area contributed by atoms with Crippen LogP contribution in [0.15, 0.2) is 47.6 Å². The molecule has 0 unspecified atom stereocenters. The van der Waals surface area contributed by atoms with Crippen LogP contribution in [0.4, 0.5) is 0 Å². The molecule has 0 spiro atoms. The summed E-state index contributed by atoms with van der Waals surface area (Å²) in [6.45, 7) is 5.74. The molecule has 1 aromatic heterocycles. The van der Waals surface area contributed by atoms with Crippen molar-refractivity contribution in [2.45, 2.75) is 37.5 Å². The molecule has 7 heteroatoms. The summed E-state index contributed by atoms with van der Waals surface area (Å²) >= 11 is 0. The van der Waals surface area contributed by atoms with Crippen molar-refractivity contribution >= 4 is 15.9 Å². The van der Waals surface area contributed by atoms with Gasteiger partial charge in [0.25, 0.3) is 0 Å². The molecule has 2 saturated heterocycles. The van der Waals surface area contributed by atoms with Crippen LogP contribution in [0.5, 0.6) is 0 Å². The molecule has 4 rings (SSSR count). The Morgan fingerprint density at radius 2 is 1.86 bits per heavy atom. The number of hydrogen-bond donors (Lipinski definition) is 0. The summed E-state index contributed by atoms with van der Waals surface area (Å²) < 4.78 is 28.4. The van der Waals surface area contributed by atoms with Crippen molar-refractivity contribution < 1.29 is 13.2 Å². The normalized spacial score (nSPS) is 22.9. The Balaban J connectivity index is 1.69. The molecule has 2 atom stereocenters. The van der Waals surface area contributed by atoms with Gasteiger partial charge in [-0.1, -0.05) is 18.2 Å². The lowest BCUT2D eigenvalue weighted by molar-refractivity contribution is -0.134. The molecule has 2 aromatic rings. The molecular weight excluding hydrogens is 386 g/mol. The van der Waals surface area contributed by atoms with Crippen molar-refractivity contribution in [3.05, 3.63) is 59.4 Å². The number of sulfonamides is 1. The molecular formula is C22H27N3O3S. The van der Waals surface area contributed by atoms with Crippen molar-refractivity contribution in [2.24, 2.45) is 5.92 Å². The number of likely N-dealkylation sites (tertiary alicyclic amines) is 1. The first-order valence-corrected chi connectivity index (χ1v) is 11.6. The van der Waals surface area contributed by atoms with Gasteiger partial charge < -0.3 is 4.90 Å². The maximum atomic E-state index is 13.5. The Labute approximate surface area is 172 Å². The predicted molar refractivity (Wildman–Crippen MR) is 111 cm³/mol. The summed E-state index contributed by atoms with van der Waals surface area (Å²) in [5.41, 5.74) is 2.55. The van der Waals surface area contributed by atoms with E-state index in [1.807, 2.05) is 43.0 Å². The second kappa shape index (κ2) is 7.88. The van der Waals surface area contributed by atoms with Gasteiger partial charge >= 0.3 is 0 Å². The van der Waals surface area contributed by atoms with Crippen LogP contribution in [-0.2, 0) is 14.8 Å². The first-order chi connectivity index (χ1) is 13.9. The van der Waals surface area contributed by atoms with Crippen molar-refractivity contribution in [3.63, 3.8) is 0 Å². The summed E-state index contributed by atoms with van der Waals surface area (Å²) in [6, 6.07) is 9.25. The van der Waals surface area contributed by atoms with Crippen LogP contribution in [0.2, 0.25) is 0 Å². The highest BCUT2D eigenvalue weighted by Gasteiger charge is 2.45. The fourth-order valence-electron chi connectivity index (χ4n) is 4.44. The highest BCUT2D eigenvalue weighted by Crippen LogP contribution is 2.37. The molecule has 0 N–H and O–H groups in total. The smallest absolute Gasteiger partial charge is 0.243 e. The number of pyridine rings is 1. The van der Waals surface area contributed by atoms with Crippen LogP contribution in [0.25, 0.3) is 0 Å². The molecule has 0 saturated carbocycles. The zero-order valence-corrected chi connectivity index (χ0v) is 17.7. The molecule has 154 valence electrons. The van der Waals surface area contributed by atoms with Crippen molar-refractivity contribution in [1.29, 1.82) is 0 Å². The first-order valence-electron chi connectivity index (χ1n) is 10.1. The van der Waals surface area contributed by atoms with Crippen LogP contribution in [0.1, 0.15) is 35.4 Å². The Bertz CT molecular complexity index is 1000. The minimum absolute atomic E-state index is 0.0648. The third-order valence-electron chi connectivity index (χ3n) is 6.10. The molecule has 1 aromatic carbocycles. The quantitative estimate of drug-likeness (QED) is 0.773. The Kier molecular flexibility index (Phi) is 5.44.